The summed E-state index contributed by atoms with van der Waals surface area (Å²) in [4.78, 5) is 13.8. The number of ether oxygens (including phenoxy) is 1. The Hall–Kier alpha value is -1.65. The Labute approximate surface area is 217 Å². The molecule has 0 aromatic heterocycles. The van der Waals surface area contributed by atoms with Crippen LogP contribution in [0.2, 0.25) is 6.82 Å². The molecular weight excluding hydrogens is 622 g/mol. The van der Waals surface area contributed by atoms with Gasteiger partial charge in [-0.15, -0.1) is 0 Å². The van der Waals surface area contributed by atoms with Gasteiger partial charge in [0, 0.05) is 33.3 Å². The lowest BCUT2D eigenvalue weighted by atomic mass is 9.84. The number of amides is 1. The summed E-state index contributed by atoms with van der Waals surface area (Å²) in [6.45, 7) is 1.44. The fraction of sp³-hybridized carbons (Fsp3) is 0.350. The second-order valence-electron chi connectivity index (χ2n) is 7.91. The Balaban J connectivity index is 1.62. The highest BCUT2D eigenvalue weighted by atomic mass is 79.9. The quantitative estimate of drug-likeness (QED) is 0.389. The molecule has 1 heterocycles. The van der Waals surface area contributed by atoms with Crippen molar-refractivity contribution in [3.05, 3.63) is 57.0 Å². The predicted molar refractivity (Wildman–Crippen MR) is 131 cm³/mol. The van der Waals surface area contributed by atoms with Crippen LogP contribution in [0, 0.1) is 0 Å². The van der Waals surface area contributed by atoms with Crippen LogP contribution >= 0.6 is 31.9 Å². The van der Waals surface area contributed by atoms with E-state index in [2.05, 4.69) is 41.9 Å². The van der Waals surface area contributed by atoms with E-state index >= 15 is 0 Å². The van der Waals surface area contributed by atoms with Gasteiger partial charge in [-0.25, -0.2) is 17.9 Å². The summed E-state index contributed by atoms with van der Waals surface area (Å²) >= 11 is 6.48. The van der Waals surface area contributed by atoms with Crippen molar-refractivity contribution in [1.82, 2.24) is 9.53 Å². The molecular formula is C20H21BBr2F3N3O5S. The van der Waals surface area contributed by atoms with Gasteiger partial charge in [-0.3, -0.25) is 5.32 Å². The molecule has 35 heavy (non-hydrogen) atoms. The molecule has 0 radical (unpaired) electrons. The number of carbonyl (C=O) groups is 1. The summed E-state index contributed by atoms with van der Waals surface area (Å²) in [5, 5.41) is 12.4. The second-order valence-corrected chi connectivity index (χ2v) is 11.4. The minimum atomic E-state index is -4.56. The molecule has 2 atom stereocenters. The largest absolute Gasteiger partial charge is 0.448 e. The number of rotatable bonds is 7. The minimum Gasteiger partial charge on any atom is -0.448 e. The van der Waals surface area contributed by atoms with Crippen molar-refractivity contribution in [1.29, 1.82) is 0 Å². The first kappa shape index (κ1) is 27.9. The summed E-state index contributed by atoms with van der Waals surface area (Å²) in [6, 6.07) is 7.73. The second kappa shape index (κ2) is 11.2. The van der Waals surface area contributed by atoms with Gasteiger partial charge in [0.2, 0.25) is 10.0 Å². The van der Waals surface area contributed by atoms with Crippen LogP contribution in [0.1, 0.15) is 12.0 Å². The zero-order valence-corrected chi connectivity index (χ0v) is 22.2. The molecule has 1 fully saturated rings. The number of alkyl halides is 3. The number of hydrogen-bond acceptors (Lipinski definition) is 6. The van der Waals surface area contributed by atoms with Crippen LogP contribution in [0.25, 0.3) is 0 Å². The maximum absolute atomic E-state index is 12.9. The van der Waals surface area contributed by atoms with E-state index in [9.17, 15) is 31.4 Å². The van der Waals surface area contributed by atoms with Gasteiger partial charge in [0.15, 0.2) is 0 Å². The number of halogens is 5. The van der Waals surface area contributed by atoms with Gasteiger partial charge in [0.05, 0.1) is 10.5 Å². The Kier molecular flexibility index (Phi) is 8.92. The summed E-state index contributed by atoms with van der Waals surface area (Å²) < 4.78 is 73.1. The van der Waals surface area contributed by atoms with Gasteiger partial charge in [0.1, 0.15) is 6.61 Å². The van der Waals surface area contributed by atoms with Gasteiger partial charge in [-0.2, -0.15) is 13.2 Å². The lowest BCUT2D eigenvalue weighted by Gasteiger charge is -2.24. The molecule has 2 aromatic carbocycles. The lowest BCUT2D eigenvalue weighted by Crippen LogP contribution is -2.44. The van der Waals surface area contributed by atoms with E-state index in [1.807, 2.05) is 0 Å². The van der Waals surface area contributed by atoms with E-state index in [0.717, 1.165) is 18.2 Å². The molecule has 190 valence electrons. The van der Waals surface area contributed by atoms with Crippen LogP contribution in [0.4, 0.5) is 23.7 Å². The number of hydrogen-bond donors (Lipinski definition) is 3. The van der Waals surface area contributed by atoms with Crippen molar-refractivity contribution in [2.45, 2.75) is 36.4 Å². The van der Waals surface area contributed by atoms with E-state index in [1.165, 1.54) is 19.0 Å². The average Bonchev–Trinajstić information content (AvgIpc) is 3.16. The Morgan fingerprint density at radius 2 is 1.97 bits per heavy atom. The van der Waals surface area contributed by atoms with E-state index in [-0.39, 0.29) is 30.2 Å². The summed E-state index contributed by atoms with van der Waals surface area (Å²) in [5.74, 6) is 0. The van der Waals surface area contributed by atoms with E-state index in [4.69, 9.17) is 4.74 Å². The number of anilines is 1. The van der Waals surface area contributed by atoms with Crippen molar-refractivity contribution in [3.8, 4) is 0 Å². The Morgan fingerprint density at radius 3 is 2.63 bits per heavy atom. The van der Waals surface area contributed by atoms with Crippen molar-refractivity contribution in [3.63, 3.8) is 0 Å². The highest BCUT2D eigenvalue weighted by Gasteiger charge is 2.39. The molecule has 2 aromatic rings. The topological polar surface area (TPSA) is 108 Å². The van der Waals surface area contributed by atoms with Crippen LogP contribution in [-0.2, 0) is 20.9 Å². The number of sulfonamides is 1. The minimum absolute atomic E-state index is 0.0376. The Bertz CT molecular complexity index is 1190. The first-order chi connectivity index (χ1) is 16.3. The van der Waals surface area contributed by atoms with Crippen molar-refractivity contribution in [2.24, 2.45) is 0 Å². The highest BCUT2D eigenvalue weighted by Crippen LogP contribution is 2.31. The predicted octanol–water partition coefficient (Wildman–Crippen LogP) is 4.31. The van der Waals surface area contributed by atoms with Crippen LogP contribution in [0.5, 0.6) is 0 Å². The molecule has 3 N–H and O–H groups in total. The maximum atomic E-state index is 12.9. The van der Waals surface area contributed by atoms with Crippen molar-refractivity contribution in [2.75, 3.05) is 18.5 Å². The van der Waals surface area contributed by atoms with Crippen LogP contribution in [0.15, 0.2) is 56.3 Å². The first-order valence-electron chi connectivity index (χ1n) is 10.3. The fourth-order valence-corrected chi connectivity index (χ4v) is 6.46. The van der Waals surface area contributed by atoms with Crippen LogP contribution in [-0.4, -0.2) is 56.6 Å². The van der Waals surface area contributed by atoms with Gasteiger partial charge < -0.3 is 14.6 Å². The lowest BCUT2D eigenvalue weighted by molar-refractivity contribution is -0.137. The maximum Gasteiger partial charge on any atom is 0.416 e. The van der Waals surface area contributed by atoms with E-state index in [0.29, 0.717) is 8.95 Å². The first-order valence-corrected chi connectivity index (χ1v) is 13.4. The third-order valence-corrected chi connectivity index (χ3v) is 8.29. The smallest absolute Gasteiger partial charge is 0.416 e. The number of nitrogens with one attached hydrogen (secondary N) is 2. The normalized spacial score (nSPS) is 18.9. The summed E-state index contributed by atoms with van der Waals surface area (Å²) in [5.41, 5.74) is -1.01. The monoisotopic (exact) mass is 641 g/mol. The van der Waals surface area contributed by atoms with Gasteiger partial charge in [0.25, 0.3) is 0 Å². The third-order valence-electron chi connectivity index (χ3n) is 5.28. The van der Waals surface area contributed by atoms with Crippen LogP contribution < -0.4 is 10.0 Å². The summed E-state index contributed by atoms with van der Waals surface area (Å²) in [7, 11) is -4.86. The molecule has 15 heteroatoms. The SMILES string of the molecule is CB(O)N1C[C@H](NS(=O)(=O)c2cc(Br)ccc2Br)C[C@@H]1COC(=O)Nc1cccc(C(F)(F)F)c1. The fourth-order valence-electron chi connectivity index (χ4n) is 3.71. The van der Waals surface area contributed by atoms with Crippen molar-refractivity contribution < 1.29 is 36.1 Å². The Morgan fingerprint density at radius 1 is 1.26 bits per heavy atom. The van der Waals surface area contributed by atoms with Gasteiger partial charge in [-0.05, 0) is 65.6 Å². The molecule has 0 bridgehead atoms. The molecule has 1 amide bonds. The standard InChI is InChI=1S/C20H21BBr2F3N3O5S/c1-21(31)29-10-15(28-35(32,33)18-8-13(22)5-6-17(18)23)9-16(29)11-34-19(30)27-14-4-2-3-12(7-14)20(24,25)26/h2-8,15-16,28,31H,9-11H2,1H3,(H,27,30)/t15-,16-/m1/s1. The van der Waals surface area contributed by atoms with Crippen LogP contribution in [0.3, 0.4) is 0 Å². The van der Waals surface area contributed by atoms with E-state index < -0.39 is 47.0 Å². The average molecular weight is 643 g/mol. The molecule has 1 aliphatic rings. The number of benzene rings is 2. The van der Waals surface area contributed by atoms with Crippen molar-refractivity contribution >= 4 is 60.7 Å². The third kappa shape index (κ3) is 7.43. The molecule has 0 unspecified atom stereocenters. The molecule has 0 aliphatic carbocycles. The molecule has 1 aliphatic heterocycles. The molecule has 0 saturated carbocycles. The van der Waals surface area contributed by atoms with Gasteiger partial charge >= 0.3 is 19.3 Å². The zero-order chi connectivity index (χ0) is 26.0. The molecule has 0 spiro atoms. The molecule has 3 rings (SSSR count). The molecule has 8 nitrogen and oxygen atoms in total. The molecule has 1 saturated heterocycles. The zero-order valence-electron chi connectivity index (χ0n) is 18.2. The number of nitrogens with zero attached hydrogens (tertiary/aromatic N) is 1. The highest BCUT2D eigenvalue weighted by molar-refractivity contribution is 9.11. The van der Waals surface area contributed by atoms with Gasteiger partial charge in [-0.1, -0.05) is 22.0 Å². The van der Waals surface area contributed by atoms with E-state index in [1.54, 1.807) is 16.9 Å². The number of carbonyl (C=O) groups excluding carboxylic acids is 1. The summed E-state index contributed by atoms with van der Waals surface area (Å²) in [6.07, 6.45) is -5.30.